The van der Waals surface area contributed by atoms with Gasteiger partial charge in [0.05, 0.1) is 6.17 Å². The van der Waals surface area contributed by atoms with E-state index in [0.717, 1.165) is 12.0 Å². The lowest BCUT2D eigenvalue weighted by Gasteiger charge is -2.17. The zero-order chi connectivity index (χ0) is 18.7. The summed E-state index contributed by atoms with van der Waals surface area (Å²) < 4.78 is 9.78. The molecule has 0 aromatic heterocycles. The molecule has 0 saturated carbocycles. The first-order valence-electron chi connectivity index (χ1n) is 8.11. The van der Waals surface area contributed by atoms with E-state index in [0.29, 0.717) is 12.1 Å². The van der Waals surface area contributed by atoms with E-state index < -0.39 is 12.1 Å². The van der Waals surface area contributed by atoms with E-state index in [2.05, 4.69) is 29.9 Å². The SMILES string of the molecule is C=CCc1ccccc1CNC(C)NC(=O)OCCOC(=O)C(=C)C. The Bertz CT molecular complexity index is 613. The molecule has 1 unspecified atom stereocenters. The van der Waals surface area contributed by atoms with Crippen molar-refractivity contribution >= 4 is 12.1 Å². The minimum Gasteiger partial charge on any atom is -0.459 e. The number of hydrogen-bond acceptors (Lipinski definition) is 5. The van der Waals surface area contributed by atoms with Crippen LogP contribution in [0.1, 0.15) is 25.0 Å². The van der Waals surface area contributed by atoms with Crippen molar-refractivity contribution in [1.82, 2.24) is 10.6 Å². The van der Waals surface area contributed by atoms with E-state index in [1.54, 1.807) is 6.92 Å². The Hall–Kier alpha value is -2.60. The van der Waals surface area contributed by atoms with Crippen LogP contribution in [0.4, 0.5) is 4.79 Å². The van der Waals surface area contributed by atoms with Crippen LogP contribution in [0.5, 0.6) is 0 Å². The summed E-state index contributed by atoms with van der Waals surface area (Å²) >= 11 is 0. The third-order valence-corrected chi connectivity index (χ3v) is 3.31. The van der Waals surface area contributed by atoms with Gasteiger partial charge in [-0.3, -0.25) is 5.32 Å². The summed E-state index contributed by atoms with van der Waals surface area (Å²) in [5.74, 6) is -0.503. The van der Waals surface area contributed by atoms with Crippen molar-refractivity contribution in [2.24, 2.45) is 0 Å². The molecular weight excluding hydrogens is 320 g/mol. The zero-order valence-corrected chi connectivity index (χ0v) is 14.8. The van der Waals surface area contributed by atoms with Crippen LogP contribution in [0.3, 0.4) is 0 Å². The molecule has 0 radical (unpaired) electrons. The van der Waals surface area contributed by atoms with Crippen LogP contribution in [0, 0.1) is 0 Å². The van der Waals surface area contributed by atoms with Gasteiger partial charge >= 0.3 is 12.1 Å². The van der Waals surface area contributed by atoms with Gasteiger partial charge in [-0.15, -0.1) is 6.58 Å². The van der Waals surface area contributed by atoms with Crippen molar-refractivity contribution in [3.05, 3.63) is 60.2 Å². The number of alkyl carbamates (subject to hydrolysis) is 1. The zero-order valence-electron chi connectivity index (χ0n) is 14.8. The number of carbonyl (C=O) groups is 2. The number of ether oxygens (including phenoxy) is 2. The molecule has 136 valence electrons. The number of esters is 1. The fourth-order valence-corrected chi connectivity index (χ4v) is 2.01. The van der Waals surface area contributed by atoms with Crippen molar-refractivity contribution < 1.29 is 19.1 Å². The Balaban J connectivity index is 2.28. The van der Waals surface area contributed by atoms with E-state index >= 15 is 0 Å². The van der Waals surface area contributed by atoms with Crippen LogP contribution in [0.25, 0.3) is 0 Å². The standard InChI is InChI=1S/C19H26N2O4/c1-5-8-16-9-6-7-10-17(16)13-20-15(4)21-19(23)25-12-11-24-18(22)14(2)3/h5-7,9-10,15,20H,1-2,8,11-13H2,3-4H3,(H,21,23). The van der Waals surface area contributed by atoms with E-state index in [1.165, 1.54) is 5.56 Å². The molecule has 0 aliphatic heterocycles. The summed E-state index contributed by atoms with van der Waals surface area (Å²) in [6, 6.07) is 8.05. The average Bonchev–Trinajstić information content (AvgIpc) is 2.58. The largest absolute Gasteiger partial charge is 0.459 e. The van der Waals surface area contributed by atoms with Crippen LogP contribution in [0.2, 0.25) is 0 Å². The summed E-state index contributed by atoms with van der Waals surface area (Å²) in [5, 5.41) is 5.87. The molecule has 2 N–H and O–H groups in total. The number of nitrogens with one attached hydrogen (secondary N) is 2. The minimum absolute atomic E-state index is 0.00412. The van der Waals surface area contributed by atoms with E-state index in [-0.39, 0.29) is 19.4 Å². The Morgan fingerprint density at radius 3 is 2.48 bits per heavy atom. The van der Waals surface area contributed by atoms with Gasteiger partial charge < -0.3 is 14.8 Å². The predicted octanol–water partition coefficient (Wildman–Crippen LogP) is 2.70. The molecule has 0 spiro atoms. The second kappa shape index (κ2) is 11.0. The minimum atomic E-state index is -0.578. The maximum absolute atomic E-state index is 11.7. The normalized spacial score (nSPS) is 11.3. The maximum atomic E-state index is 11.7. The second-order valence-electron chi connectivity index (χ2n) is 5.56. The van der Waals surface area contributed by atoms with E-state index in [1.807, 2.05) is 31.2 Å². The number of allylic oxidation sites excluding steroid dienone is 1. The molecule has 1 aromatic carbocycles. The summed E-state index contributed by atoms with van der Waals surface area (Å²) in [4.78, 5) is 22.8. The first-order valence-corrected chi connectivity index (χ1v) is 8.11. The van der Waals surface area contributed by atoms with Crippen LogP contribution in [-0.4, -0.2) is 31.4 Å². The average molecular weight is 346 g/mol. The summed E-state index contributed by atoms with van der Waals surface area (Å²) in [6.07, 6.45) is 1.80. The molecular formula is C19H26N2O4. The lowest BCUT2D eigenvalue weighted by atomic mass is 10.0. The predicted molar refractivity (Wildman–Crippen MR) is 96.9 cm³/mol. The number of carbonyl (C=O) groups excluding carboxylic acids is 2. The number of hydrogen-bond donors (Lipinski definition) is 2. The molecule has 0 saturated heterocycles. The highest BCUT2D eigenvalue weighted by Gasteiger charge is 2.09. The van der Waals surface area contributed by atoms with Crippen LogP contribution >= 0.6 is 0 Å². The Morgan fingerprint density at radius 1 is 1.20 bits per heavy atom. The third-order valence-electron chi connectivity index (χ3n) is 3.31. The highest BCUT2D eigenvalue weighted by molar-refractivity contribution is 5.86. The molecule has 0 heterocycles. The maximum Gasteiger partial charge on any atom is 0.408 e. The van der Waals surface area contributed by atoms with Crippen LogP contribution < -0.4 is 10.6 Å². The summed E-state index contributed by atoms with van der Waals surface area (Å²) in [5.41, 5.74) is 2.65. The summed E-state index contributed by atoms with van der Waals surface area (Å²) in [6.45, 7) is 11.2. The van der Waals surface area contributed by atoms with Gasteiger partial charge in [0, 0.05) is 12.1 Å². The van der Waals surface area contributed by atoms with Gasteiger partial charge in [0.15, 0.2) is 0 Å². The van der Waals surface area contributed by atoms with Gasteiger partial charge in [0.2, 0.25) is 0 Å². The van der Waals surface area contributed by atoms with E-state index in [4.69, 9.17) is 9.47 Å². The molecule has 1 aromatic rings. The quantitative estimate of drug-likeness (QED) is 0.224. The molecule has 0 bridgehead atoms. The topological polar surface area (TPSA) is 76.7 Å². The number of rotatable bonds is 10. The lowest BCUT2D eigenvalue weighted by molar-refractivity contribution is -0.139. The Morgan fingerprint density at radius 2 is 1.84 bits per heavy atom. The summed E-state index contributed by atoms with van der Waals surface area (Å²) in [7, 11) is 0. The molecule has 0 fully saturated rings. The van der Waals surface area contributed by atoms with E-state index in [9.17, 15) is 9.59 Å². The Labute approximate surface area is 148 Å². The lowest BCUT2D eigenvalue weighted by Crippen LogP contribution is -2.43. The molecule has 0 aliphatic carbocycles. The number of amides is 1. The van der Waals surface area contributed by atoms with Crippen molar-refractivity contribution in [2.75, 3.05) is 13.2 Å². The molecule has 0 aliphatic rings. The fraction of sp³-hybridized carbons (Fsp3) is 0.368. The van der Waals surface area contributed by atoms with Crippen molar-refractivity contribution in [2.45, 2.75) is 33.0 Å². The van der Waals surface area contributed by atoms with Gasteiger partial charge in [0.25, 0.3) is 0 Å². The number of benzene rings is 1. The van der Waals surface area contributed by atoms with Gasteiger partial charge in [-0.05, 0) is 31.4 Å². The van der Waals surface area contributed by atoms with Crippen molar-refractivity contribution in [3.8, 4) is 0 Å². The third kappa shape index (κ3) is 8.17. The van der Waals surface area contributed by atoms with Crippen LogP contribution in [-0.2, 0) is 27.2 Å². The first kappa shape index (κ1) is 20.4. The van der Waals surface area contributed by atoms with Gasteiger partial charge in [0.1, 0.15) is 13.2 Å². The molecule has 6 heteroatoms. The molecule has 25 heavy (non-hydrogen) atoms. The van der Waals surface area contributed by atoms with Crippen LogP contribution in [0.15, 0.2) is 49.1 Å². The van der Waals surface area contributed by atoms with Gasteiger partial charge in [-0.1, -0.05) is 36.9 Å². The molecule has 1 rings (SSSR count). The van der Waals surface area contributed by atoms with Gasteiger partial charge in [-0.25, -0.2) is 9.59 Å². The smallest absolute Gasteiger partial charge is 0.408 e. The Kier molecular flexibility index (Phi) is 9.03. The van der Waals surface area contributed by atoms with Gasteiger partial charge in [-0.2, -0.15) is 0 Å². The monoisotopic (exact) mass is 346 g/mol. The second-order valence-corrected chi connectivity index (χ2v) is 5.56. The van der Waals surface area contributed by atoms with Crippen molar-refractivity contribution in [3.63, 3.8) is 0 Å². The molecule has 6 nitrogen and oxygen atoms in total. The fourth-order valence-electron chi connectivity index (χ4n) is 2.01. The highest BCUT2D eigenvalue weighted by Crippen LogP contribution is 2.09. The molecule has 1 amide bonds. The van der Waals surface area contributed by atoms with Crippen molar-refractivity contribution in [1.29, 1.82) is 0 Å². The molecule has 1 atom stereocenters. The first-order chi connectivity index (χ1) is 11.9. The highest BCUT2D eigenvalue weighted by atomic mass is 16.6.